The minimum Gasteiger partial charge on any atom is -0.354 e. The van der Waals surface area contributed by atoms with Crippen LogP contribution in [0.2, 0.25) is 0 Å². The van der Waals surface area contributed by atoms with Gasteiger partial charge in [-0.15, -0.1) is 0 Å². The van der Waals surface area contributed by atoms with Gasteiger partial charge < -0.3 is 4.90 Å². The maximum absolute atomic E-state index is 4.51. The number of anilines is 1. The van der Waals surface area contributed by atoms with E-state index in [1.807, 2.05) is 0 Å². The fourth-order valence-corrected chi connectivity index (χ4v) is 5.47. The molecular weight excluding hydrogens is 276 g/mol. The fraction of sp³-hybridized carbons (Fsp3) is 0.500. The van der Waals surface area contributed by atoms with Crippen LogP contribution in [0.1, 0.15) is 61.1 Å². The Morgan fingerprint density at radius 1 is 1.19 bits per heavy atom. The van der Waals surface area contributed by atoms with Gasteiger partial charge in [-0.1, -0.05) is 37.5 Å². The lowest BCUT2D eigenvalue weighted by atomic mass is 9.80. The number of hydrogen-bond donors (Lipinski definition) is 0. The molecule has 1 saturated carbocycles. The highest BCUT2D eigenvalue weighted by Gasteiger charge is 2.50. The summed E-state index contributed by atoms with van der Waals surface area (Å²) in [5.74, 6) is 0. The van der Waals surface area contributed by atoms with Gasteiger partial charge in [0.05, 0.1) is 16.5 Å². The molecule has 2 aliphatic rings. The summed E-state index contributed by atoms with van der Waals surface area (Å²) >= 11 is 1.73. The minimum absolute atomic E-state index is 0.209. The predicted molar refractivity (Wildman–Crippen MR) is 89.0 cm³/mol. The Bertz CT molecular complexity index is 655. The summed E-state index contributed by atoms with van der Waals surface area (Å²) < 4.78 is 4.51. The maximum atomic E-state index is 4.51. The van der Waals surface area contributed by atoms with Crippen molar-refractivity contribution in [3.05, 3.63) is 46.5 Å². The lowest BCUT2D eigenvalue weighted by molar-refractivity contribution is 0.287. The first kappa shape index (κ1) is 13.3. The molecule has 1 aromatic carbocycles. The van der Waals surface area contributed by atoms with Gasteiger partial charge >= 0.3 is 0 Å². The van der Waals surface area contributed by atoms with E-state index >= 15 is 0 Å². The third-order valence-electron chi connectivity index (χ3n) is 5.37. The molecule has 1 atom stereocenters. The van der Waals surface area contributed by atoms with Crippen molar-refractivity contribution in [2.45, 2.75) is 57.5 Å². The van der Waals surface area contributed by atoms with Crippen molar-refractivity contribution in [2.75, 3.05) is 4.90 Å². The number of para-hydroxylation sites is 1. The maximum Gasteiger partial charge on any atom is 0.0771 e. The topological polar surface area (TPSA) is 16.1 Å². The highest BCUT2D eigenvalue weighted by Crippen LogP contribution is 2.56. The number of hydrogen-bond acceptors (Lipinski definition) is 3. The first-order valence-electron chi connectivity index (χ1n) is 8.04. The van der Waals surface area contributed by atoms with Crippen LogP contribution >= 0.6 is 11.5 Å². The summed E-state index contributed by atoms with van der Waals surface area (Å²) in [6.45, 7) is 4.59. The summed E-state index contributed by atoms with van der Waals surface area (Å²) in [7, 11) is 0. The second-order valence-corrected chi connectivity index (χ2v) is 7.34. The van der Waals surface area contributed by atoms with Crippen molar-refractivity contribution in [1.29, 1.82) is 0 Å². The van der Waals surface area contributed by atoms with Gasteiger partial charge in [0.2, 0.25) is 0 Å². The third kappa shape index (κ3) is 1.80. The summed E-state index contributed by atoms with van der Waals surface area (Å²) in [4.78, 5) is 4.25. The number of benzene rings is 1. The van der Waals surface area contributed by atoms with Gasteiger partial charge in [0.25, 0.3) is 0 Å². The van der Waals surface area contributed by atoms with E-state index in [4.69, 9.17) is 0 Å². The lowest BCUT2D eigenvalue weighted by Crippen LogP contribution is -2.44. The molecular formula is C18H22N2S. The lowest BCUT2D eigenvalue weighted by Gasteiger charge is -2.45. The molecule has 1 unspecified atom stereocenters. The summed E-state index contributed by atoms with van der Waals surface area (Å²) in [6.07, 6.45) is 8.73. The summed E-state index contributed by atoms with van der Waals surface area (Å²) in [6, 6.07) is 9.30. The van der Waals surface area contributed by atoms with Crippen molar-refractivity contribution in [3.63, 3.8) is 0 Å². The molecule has 1 aliphatic carbocycles. The molecule has 2 heterocycles. The normalized spacial score (nSPS) is 23.5. The smallest absolute Gasteiger partial charge is 0.0771 e. The molecule has 1 fully saturated rings. The number of aryl methyl sites for hydroxylation is 1. The zero-order valence-electron chi connectivity index (χ0n) is 12.8. The highest BCUT2D eigenvalue weighted by atomic mass is 32.1. The molecule has 3 heteroatoms. The average molecular weight is 298 g/mol. The van der Waals surface area contributed by atoms with Crippen molar-refractivity contribution >= 4 is 17.2 Å². The van der Waals surface area contributed by atoms with Gasteiger partial charge in [-0.3, -0.25) is 0 Å². The zero-order valence-corrected chi connectivity index (χ0v) is 13.6. The Hall–Kier alpha value is -1.35. The Morgan fingerprint density at radius 3 is 2.71 bits per heavy atom. The van der Waals surface area contributed by atoms with E-state index in [0.717, 1.165) is 0 Å². The number of nitrogens with zero attached hydrogens (tertiary/aromatic N) is 2. The molecule has 4 rings (SSSR count). The Labute approximate surface area is 131 Å². The molecule has 0 amide bonds. The molecule has 1 aliphatic heterocycles. The zero-order chi connectivity index (χ0) is 14.4. The first-order chi connectivity index (χ1) is 10.2. The van der Waals surface area contributed by atoms with Crippen molar-refractivity contribution in [1.82, 2.24) is 4.37 Å². The van der Waals surface area contributed by atoms with E-state index in [1.54, 1.807) is 11.5 Å². The quantitative estimate of drug-likeness (QED) is 0.720. The molecule has 2 aromatic rings. The van der Waals surface area contributed by atoms with Gasteiger partial charge in [0.15, 0.2) is 0 Å². The van der Waals surface area contributed by atoms with Crippen LogP contribution in [-0.4, -0.2) is 4.37 Å². The van der Waals surface area contributed by atoms with Gasteiger partial charge in [-0.05, 0) is 49.9 Å². The van der Waals surface area contributed by atoms with E-state index < -0.39 is 0 Å². The highest BCUT2D eigenvalue weighted by molar-refractivity contribution is 7.06. The Balaban J connectivity index is 1.89. The van der Waals surface area contributed by atoms with Crippen LogP contribution in [0.3, 0.4) is 0 Å². The molecule has 0 radical (unpaired) electrons. The predicted octanol–water partition coefficient (Wildman–Crippen LogP) is 5.19. The van der Waals surface area contributed by atoms with Gasteiger partial charge in [-0.25, -0.2) is 4.37 Å². The van der Waals surface area contributed by atoms with Gasteiger partial charge in [0.1, 0.15) is 0 Å². The average Bonchev–Trinajstić information content (AvgIpc) is 3.06. The first-order valence-corrected chi connectivity index (χ1v) is 8.81. The Kier molecular flexibility index (Phi) is 3.07. The van der Waals surface area contributed by atoms with E-state index in [2.05, 4.69) is 53.6 Å². The number of fused-ring (bicyclic) bond motifs is 2. The van der Waals surface area contributed by atoms with E-state index in [-0.39, 0.29) is 5.54 Å². The summed E-state index contributed by atoms with van der Waals surface area (Å²) in [5, 5.41) is 0. The van der Waals surface area contributed by atoms with Crippen LogP contribution in [0.4, 0.5) is 5.69 Å². The van der Waals surface area contributed by atoms with Crippen LogP contribution < -0.4 is 4.90 Å². The standard InChI is InChI=1S/C18H22N2S/c1-13-8-4-5-9-16(13)20-14(2)15-12-19-21-17(15)18(20)10-6-3-7-11-18/h4-5,8-9,12,14H,3,6-7,10-11H2,1-2H3. The molecule has 2 nitrogen and oxygen atoms in total. The molecule has 0 bridgehead atoms. The molecule has 110 valence electrons. The van der Waals surface area contributed by atoms with Gasteiger partial charge in [-0.2, -0.15) is 0 Å². The molecule has 21 heavy (non-hydrogen) atoms. The monoisotopic (exact) mass is 298 g/mol. The van der Waals surface area contributed by atoms with Crippen LogP contribution in [-0.2, 0) is 5.54 Å². The third-order valence-corrected chi connectivity index (χ3v) is 6.38. The molecule has 1 aromatic heterocycles. The second kappa shape index (κ2) is 4.84. The van der Waals surface area contributed by atoms with Gasteiger partial charge in [0, 0.05) is 17.4 Å². The van der Waals surface area contributed by atoms with Crippen LogP contribution in [0.5, 0.6) is 0 Å². The minimum atomic E-state index is 0.209. The van der Waals surface area contributed by atoms with E-state index in [1.165, 1.54) is 53.8 Å². The number of aromatic nitrogens is 1. The fourth-order valence-electron chi connectivity index (χ4n) is 4.40. The second-order valence-electron chi connectivity index (χ2n) is 6.53. The van der Waals surface area contributed by atoms with Crippen molar-refractivity contribution < 1.29 is 0 Å². The molecule has 0 N–H and O–H groups in total. The molecule has 0 saturated heterocycles. The van der Waals surface area contributed by atoms with Crippen molar-refractivity contribution in [2.24, 2.45) is 0 Å². The largest absolute Gasteiger partial charge is 0.354 e. The number of rotatable bonds is 1. The molecule has 1 spiro atoms. The van der Waals surface area contributed by atoms with Crippen LogP contribution in [0.25, 0.3) is 0 Å². The SMILES string of the molecule is Cc1ccccc1N1C(C)c2cnsc2C12CCCCC2. The Morgan fingerprint density at radius 2 is 1.95 bits per heavy atom. The van der Waals surface area contributed by atoms with Crippen LogP contribution in [0, 0.1) is 6.92 Å². The van der Waals surface area contributed by atoms with Crippen molar-refractivity contribution in [3.8, 4) is 0 Å². The summed E-state index contributed by atoms with van der Waals surface area (Å²) in [5.41, 5.74) is 4.47. The van der Waals surface area contributed by atoms with Crippen LogP contribution in [0.15, 0.2) is 30.5 Å². The van der Waals surface area contributed by atoms with E-state index in [0.29, 0.717) is 6.04 Å². The van der Waals surface area contributed by atoms with E-state index in [9.17, 15) is 0 Å².